The average molecular weight is 224 g/mol. The van der Waals surface area contributed by atoms with Gasteiger partial charge in [0, 0.05) is 25.9 Å². The molecule has 1 aromatic heterocycles. The lowest BCUT2D eigenvalue weighted by molar-refractivity contribution is 0.0925. The van der Waals surface area contributed by atoms with Crippen molar-refractivity contribution in [2.45, 2.75) is 19.0 Å². The number of aromatic nitrogens is 2. The summed E-state index contributed by atoms with van der Waals surface area (Å²) < 4.78 is 6.99. The molecule has 6 heteroatoms. The van der Waals surface area contributed by atoms with E-state index in [0.29, 0.717) is 32.0 Å². The van der Waals surface area contributed by atoms with Crippen molar-refractivity contribution in [1.82, 2.24) is 14.9 Å². The third kappa shape index (κ3) is 2.59. The van der Waals surface area contributed by atoms with Crippen molar-refractivity contribution >= 4 is 5.91 Å². The molecule has 1 unspecified atom stereocenters. The molecule has 16 heavy (non-hydrogen) atoms. The molecule has 1 aromatic rings. The normalized spacial score (nSPS) is 19.9. The second-order valence-electron chi connectivity index (χ2n) is 3.82. The molecule has 1 aliphatic rings. The SMILES string of the molecule is NCCn1cnc(C(=O)NC2CCOC2)c1. The molecule has 88 valence electrons. The third-order valence-corrected chi connectivity index (χ3v) is 2.52. The predicted molar refractivity (Wildman–Crippen MR) is 58.0 cm³/mol. The van der Waals surface area contributed by atoms with E-state index in [2.05, 4.69) is 10.3 Å². The van der Waals surface area contributed by atoms with Gasteiger partial charge in [0.25, 0.3) is 5.91 Å². The van der Waals surface area contributed by atoms with Gasteiger partial charge in [0.1, 0.15) is 5.69 Å². The van der Waals surface area contributed by atoms with E-state index in [0.717, 1.165) is 6.42 Å². The summed E-state index contributed by atoms with van der Waals surface area (Å²) >= 11 is 0. The molecule has 2 rings (SSSR count). The first-order valence-electron chi connectivity index (χ1n) is 5.40. The fourth-order valence-corrected chi connectivity index (χ4v) is 1.66. The Morgan fingerprint density at radius 3 is 3.31 bits per heavy atom. The van der Waals surface area contributed by atoms with Gasteiger partial charge in [0.05, 0.1) is 19.0 Å². The van der Waals surface area contributed by atoms with Gasteiger partial charge in [0.2, 0.25) is 0 Å². The summed E-state index contributed by atoms with van der Waals surface area (Å²) in [6.07, 6.45) is 4.19. The molecule has 1 aliphatic heterocycles. The Bertz CT molecular complexity index is 357. The van der Waals surface area contributed by atoms with Crippen molar-refractivity contribution in [3.63, 3.8) is 0 Å². The minimum atomic E-state index is -0.147. The number of nitrogens with two attached hydrogens (primary N) is 1. The maximum absolute atomic E-state index is 11.7. The maximum atomic E-state index is 11.7. The molecule has 0 radical (unpaired) electrons. The zero-order chi connectivity index (χ0) is 11.4. The molecule has 1 atom stereocenters. The monoisotopic (exact) mass is 224 g/mol. The first kappa shape index (κ1) is 11.1. The topological polar surface area (TPSA) is 82.2 Å². The maximum Gasteiger partial charge on any atom is 0.271 e. The summed E-state index contributed by atoms with van der Waals surface area (Å²) in [6, 6.07) is 0.118. The van der Waals surface area contributed by atoms with Gasteiger partial charge in [0.15, 0.2) is 0 Å². The quantitative estimate of drug-likeness (QED) is 0.712. The van der Waals surface area contributed by atoms with Crippen LogP contribution in [0, 0.1) is 0 Å². The smallest absolute Gasteiger partial charge is 0.271 e. The summed E-state index contributed by atoms with van der Waals surface area (Å²) in [5, 5.41) is 2.88. The number of nitrogens with one attached hydrogen (secondary N) is 1. The average Bonchev–Trinajstić information content (AvgIpc) is 2.89. The van der Waals surface area contributed by atoms with Gasteiger partial charge >= 0.3 is 0 Å². The summed E-state index contributed by atoms with van der Waals surface area (Å²) in [5.41, 5.74) is 5.84. The zero-order valence-corrected chi connectivity index (χ0v) is 9.06. The number of carbonyl (C=O) groups excluding carboxylic acids is 1. The van der Waals surface area contributed by atoms with E-state index in [-0.39, 0.29) is 11.9 Å². The summed E-state index contributed by atoms with van der Waals surface area (Å²) in [6.45, 7) is 2.52. The molecule has 0 spiro atoms. The second kappa shape index (κ2) is 5.09. The predicted octanol–water partition coefficient (Wildman–Crippen LogP) is -0.639. The van der Waals surface area contributed by atoms with E-state index in [4.69, 9.17) is 10.5 Å². The minimum absolute atomic E-state index is 0.118. The summed E-state index contributed by atoms with van der Waals surface area (Å²) in [5.74, 6) is -0.147. The van der Waals surface area contributed by atoms with E-state index in [1.54, 1.807) is 17.1 Å². The molecule has 1 saturated heterocycles. The van der Waals surface area contributed by atoms with Gasteiger partial charge in [-0.3, -0.25) is 4.79 Å². The van der Waals surface area contributed by atoms with Crippen LogP contribution in [0.5, 0.6) is 0 Å². The number of imidazole rings is 1. The standard InChI is InChI=1S/C10H16N4O2/c11-2-3-14-5-9(12-7-14)10(15)13-8-1-4-16-6-8/h5,7-8H,1-4,6,11H2,(H,13,15). The van der Waals surface area contributed by atoms with E-state index < -0.39 is 0 Å². The first-order valence-corrected chi connectivity index (χ1v) is 5.40. The number of hydrogen-bond acceptors (Lipinski definition) is 4. The highest BCUT2D eigenvalue weighted by molar-refractivity contribution is 5.92. The Kier molecular flexibility index (Phi) is 3.53. The third-order valence-electron chi connectivity index (χ3n) is 2.52. The first-order chi connectivity index (χ1) is 7.79. The van der Waals surface area contributed by atoms with Crippen LogP contribution < -0.4 is 11.1 Å². The van der Waals surface area contributed by atoms with Crippen molar-refractivity contribution in [1.29, 1.82) is 0 Å². The lowest BCUT2D eigenvalue weighted by atomic mass is 10.2. The van der Waals surface area contributed by atoms with Crippen LogP contribution in [0.4, 0.5) is 0 Å². The van der Waals surface area contributed by atoms with Crippen molar-refractivity contribution < 1.29 is 9.53 Å². The van der Waals surface area contributed by atoms with Crippen LogP contribution in [-0.4, -0.2) is 41.3 Å². The van der Waals surface area contributed by atoms with Gasteiger partial charge in [-0.15, -0.1) is 0 Å². The summed E-state index contributed by atoms with van der Waals surface area (Å²) in [4.78, 5) is 15.8. The Hall–Kier alpha value is -1.40. The van der Waals surface area contributed by atoms with Crippen molar-refractivity contribution in [3.05, 3.63) is 18.2 Å². The highest BCUT2D eigenvalue weighted by Crippen LogP contribution is 2.05. The molecule has 0 aliphatic carbocycles. The fraction of sp³-hybridized carbons (Fsp3) is 0.600. The van der Waals surface area contributed by atoms with Crippen LogP contribution in [0.2, 0.25) is 0 Å². The molecule has 2 heterocycles. The van der Waals surface area contributed by atoms with Gasteiger partial charge in [-0.05, 0) is 6.42 Å². The van der Waals surface area contributed by atoms with Gasteiger partial charge in [-0.1, -0.05) is 0 Å². The van der Waals surface area contributed by atoms with Crippen molar-refractivity contribution in [2.75, 3.05) is 19.8 Å². The molecular formula is C10H16N4O2. The van der Waals surface area contributed by atoms with E-state index in [1.165, 1.54) is 0 Å². The molecule has 3 N–H and O–H groups in total. The van der Waals surface area contributed by atoms with Gasteiger partial charge < -0.3 is 20.4 Å². The lowest BCUT2D eigenvalue weighted by Crippen LogP contribution is -2.35. The van der Waals surface area contributed by atoms with E-state index >= 15 is 0 Å². The number of hydrogen-bond donors (Lipinski definition) is 2. The molecular weight excluding hydrogens is 208 g/mol. The Labute approximate surface area is 93.8 Å². The van der Waals surface area contributed by atoms with Gasteiger partial charge in [-0.2, -0.15) is 0 Å². The van der Waals surface area contributed by atoms with Crippen LogP contribution in [0.15, 0.2) is 12.5 Å². The Morgan fingerprint density at radius 1 is 1.75 bits per heavy atom. The van der Waals surface area contributed by atoms with Gasteiger partial charge in [-0.25, -0.2) is 4.98 Å². The molecule has 0 aromatic carbocycles. The van der Waals surface area contributed by atoms with E-state index in [9.17, 15) is 4.79 Å². The zero-order valence-electron chi connectivity index (χ0n) is 9.06. The number of ether oxygens (including phenoxy) is 1. The summed E-state index contributed by atoms with van der Waals surface area (Å²) in [7, 11) is 0. The van der Waals surface area contributed by atoms with Crippen LogP contribution >= 0.6 is 0 Å². The highest BCUT2D eigenvalue weighted by atomic mass is 16.5. The van der Waals surface area contributed by atoms with Crippen molar-refractivity contribution in [3.8, 4) is 0 Å². The molecule has 1 amide bonds. The molecule has 6 nitrogen and oxygen atoms in total. The fourth-order valence-electron chi connectivity index (χ4n) is 1.66. The molecule has 0 saturated carbocycles. The second-order valence-corrected chi connectivity index (χ2v) is 3.82. The van der Waals surface area contributed by atoms with Crippen LogP contribution in [0.1, 0.15) is 16.9 Å². The minimum Gasteiger partial charge on any atom is -0.379 e. The molecule has 1 fully saturated rings. The largest absolute Gasteiger partial charge is 0.379 e. The Morgan fingerprint density at radius 2 is 2.62 bits per heavy atom. The van der Waals surface area contributed by atoms with Crippen LogP contribution in [0.3, 0.4) is 0 Å². The number of rotatable bonds is 4. The van der Waals surface area contributed by atoms with Crippen LogP contribution in [-0.2, 0) is 11.3 Å². The highest BCUT2D eigenvalue weighted by Gasteiger charge is 2.19. The van der Waals surface area contributed by atoms with Crippen LogP contribution in [0.25, 0.3) is 0 Å². The number of amides is 1. The Balaban J connectivity index is 1.91. The number of nitrogens with zero attached hydrogens (tertiary/aromatic N) is 2. The molecule has 0 bridgehead atoms. The lowest BCUT2D eigenvalue weighted by Gasteiger charge is -2.08. The van der Waals surface area contributed by atoms with Crippen molar-refractivity contribution in [2.24, 2.45) is 5.73 Å². The van der Waals surface area contributed by atoms with E-state index in [1.807, 2.05) is 0 Å². The number of carbonyl (C=O) groups is 1.